The first kappa shape index (κ1) is 10.7. The van der Waals surface area contributed by atoms with Crippen molar-refractivity contribution in [3.05, 3.63) is 60.7 Å². The zero-order valence-electron chi connectivity index (χ0n) is 9.76. The molecule has 0 aliphatic heterocycles. The number of furan rings is 1. The highest BCUT2D eigenvalue weighted by atomic mass is 16.3. The Balaban J connectivity index is 1.68. The number of hydrogen-bond donors (Lipinski definition) is 2. The molecule has 0 unspecified atom stereocenters. The fourth-order valence-electron chi connectivity index (χ4n) is 1.75. The summed E-state index contributed by atoms with van der Waals surface area (Å²) in [7, 11) is 0. The lowest BCUT2D eigenvalue weighted by Gasteiger charge is -2.03. The molecule has 0 aliphatic rings. The van der Waals surface area contributed by atoms with Crippen LogP contribution in [0.25, 0.3) is 11.5 Å². The molecular weight excluding hydrogens is 226 g/mol. The summed E-state index contributed by atoms with van der Waals surface area (Å²) in [5.41, 5.74) is 1.97. The lowest BCUT2D eigenvalue weighted by atomic mass is 10.3. The highest BCUT2D eigenvalue weighted by Crippen LogP contribution is 2.17. The fourth-order valence-corrected chi connectivity index (χ4v) is 1.75. The molecule has 2 aromatic heterocycles. The van der Waals surface area contributed by atoms with E-state index in [2.05, 4.69) is 15.3 Å². The fraction of sp³-hybridized carbons (Fsp3) is 0.0714. The van der Waals surface area contributed by atoms with Crippen LogP contribution in [-0.2, 0) is 6.54 Å². The van der Waals surface area contributed by atoms with Gasteiger partial charge < -0.3 is 14.7 Å². The van der Waals surface area contributed by atoms with Gasteiger partial charge in [0.25, 0.3) is 0 Å². The second kappa shape index (κ2) is 4.79. The van der Waals surface area contributed by atoms with Crippen LogP contribution in [0.5, 0.6) is 0 Å². The average molecular weight is 239 g/mol. The predicted octanol–water partition coefficient (Wildman–Crippen LogP) is 3.28. The van der Waals surface area contributed by atoms with Gasteiger partial charge in [0.05, 0.1) is 19.0 Å². The Morgan fingerprint density at radius 2 is 2.00 bits per heavy atom. The van der Waals surface area contributed by atoms with E-state index >= 15 is 0 Å². The van der Waals surface area contributed by atoms with Crippen molar-refractivity contribution in [2.45, 2.75) is 6.54 Å². The van der Waals surface area contributed by atoms with Gasteiger partial charge in [0, 0.05) is 5.69 Å². The monoisotopic (exact) mass is 239 g/mol. The van der Waals surface area contributed by atoms with E-state index in [1.165, 1.54) is 0 Å². The molecule has 0 amide bonds. The molecule has 90 valence electrons. The molecule has 0 spiro atoms. The Hall–Kier alpha value is -2.49. The van der Waals surface area contributed by atoms with Gasteiger partial charge in [-0.2, -0.15) is 0 Å². The second-order valence-electron chi connectivity index (χ2n) is 3.94. The summed E-state index contributed by atoms with van der Waals surface area (Å²) >= 11 is 0. The SMILES string of the molecule is c1ccc(NCc2ncc(-c3ccco3)[nH]2)cc1. The van der Waals surface area contributed by atoms with E-state index in [1.807, 2.05) is 42.5 Å². The smallest absolute Gasteiger partial charge is 0.151 e. The van der Waals surface area contributed by atoms with E-state index in [9.17, 15) is 0 Å². The molecule has 0 fully saturated rings. The normalized spacial score (nSPS) is 10.4. The number of para-hydroxylation sites is 1. The standard InChI is InChI=1S/C14H13N3O/c1-2-5-11(6-3-1)15-10-14-16-9-12(17-14)13-7-4-8-18-13/h1-9,15H,10H2,(H,16,17). The first-order valence-electron chi connectivity index (χ1n) is 5.78. The molecule has 1 aromatic carbocycles. The number of imidazole rings is 1. The van der Waals surface area contributed by atoms with Crippen molar-refractivity contribution in [3.8, 4) is 11.5 Å². The molecule has 2 heterocycles. The van der Waals surface area contributed by atoms with Crippen LogP contribution in [0.15, 0.2) is 59.3 Å². The number of hydrogen-bond acceptors (Lipinski definition) is 3. The number of nitrogens with zero attached hydrogens (tertiary/aromatic N) is 1. The molecule has 0 aliphatic carbocycles. The Labute approximate surface area is 105 Å². The summed E-state index contributed by atoms with van der Waals surface area (Å²) in [6.45, 7) is 0.657. The van der Waals surface area contributed by atoms with Crippen molar-refractivity contribution in [3.63, 3.8) is 0 Å². The van der Waals surface area contributed by atoms with Gasteiger partial charge in [-0.05, 0) is 24.3 Å². The summed E-state index contributed by atoms with van der Waals surface area (Å²) < 4.78 is 5.30. The number of rotatable bonds is 4. The van der Waals surface area contributed by atoms with Gasteiger partial charge in [-0.15, -0.1) is 0 Å². The summed E-state index contributed by atoms with van der Waals surface area (Å²) in [4.78, 5) is 7.53. The average Bonchev–Trinajstić information content (AvgIpc) is 3.08. The molecular formula is C14H13N3O. The molecule has 3 rings (SSSR count). The molecule has 0 bridgehead atoms. The number of aromatic amines is 1. The summed E-state index contributed by atoms with van der Waals surface area (Å²) in [5.74, 6) is 1.68. The number of nitrogens with one attached hydrogen (secondary N) is 2. The van der Waals surface area contributed by atoms with Gasteiger partial charge in [0.15, 0.2) is 5.76 Å². The quantitative estimate of drug-likeness (QED) is 0.734. The van der Waals surface area contributed by atoms with E-state index in [1.54, 1.807) is 12.5 Å². The Kier molecular flexibility index (Phi) is 2.84. The van der Waals surface area contributed by atoms with Crippen molar-refractivity contribution in [1.82, 2.24) is 9.97 Å². The molecule has 4 heteroatoms. The van der Waals surface area contributed by atoms with E-state index in [4.69, 9.17) is 4.42 Å². The van der Waals surface area contributed by atoms with Crippen LogP contribution in [0.1, 0.15) is 5.82 Å². The molecule has 0 saturated carbocycles. The Bertz CT molecular complexity index is 599. The lowest BCUT2D eigenvalue weighted by molar-refractivity contribution is 0.580. The van der Waals surface area contributed by atoms with Crippen LogP contribution >= 0.6 is 0 Å². The first-order chi connectivity index (χ1) is 8.92. The van der Waals surface area contributed by atoms with Crippen LogP contribution in [0.2, 0.25) is 0 Å². The third-order valence-electron chi connectivity index (χ3n) is 2.65. The van der Waals surface area contributed by atoms with Crippen LogP contribution in [0.4, 0.5) is 5.69 Å². The van der Waals surface area contributed by atoms with Crippen molar-refractivity contribution in [1.29, 1.82) is 0 Å². The van der Waals surface area contributed by atoms with Crippen LogP contribution in [0, 0.1) is 0 Å². The van der Waals surface area contributed by atoms with Gasteiger partial charge in [-0.1, -0.05) is 18.2 Å². The third-order valence-corrected chi connectivity index (χ3v) is 2.65. The van der Waals surface area contributed by atoms with E-state index in [0.717, 1.165) is 23.0 Å². The van der Waals surface area contributed by atoms with Crippen molar-refractivity contribution < 1.29 is 4.42 Å². The zero-order valence-corrected chi connectivity index (χ0v) is 9.76. The second-order valence-corrected chi connectivity index (χ2v) is 3.94. The molecule has 18 heavy (non-hydrogen) atoms. The lowest BCUT2D eigenvalue weighted by Crippen LogP contribution is -2.00. The first-order valence-corrected chi connectivity index (χ1v) is 5.78. The van der Waals surface area contributed by atoms with Gasteiger partial charge in [-0.3, -0.25) is 0 Å². The van der Waals surface area contributed by atoms with E-state index in [-0.39, 0.29) is 0 Å². The molecule has 4 nitrogen and oxygen atoms in total. The molecule has 0 saturated heterocycles. The molecule has 2 N–H and O–H groups in total. The molecule has 0 atom stereocenters. The van der Waals surface area contributed by atoms with Gasteiger partial charge in [0.1, 0.15) is 11.5 Å². The van der Waals surface area contributed by atoms with Crippen LogP contribution < -0.4 is 5.32 Å². The maximum absolute atomic E-state index is 5.30. The van der Waals surface area contributed by atoms with E-state index < -0.39 is 0 Å². The van der Waals surface area contributed by atoms with Gasteiger partial charge in [-0.25, -0.2) is 4.98 Å². The van der Waals surface area contributed by atoms with Crippen molar-refractivity contribution in [2.24, 2.45) is 0 Å². The summed E-state index contributed by atoms with van der Waals surface area (Å²) in [5, 5.41) is 3.30. The molecule has 3 aromatic rings. The predicted molar refractivity (Wildman–Crippen MR) is 70.1 cm³/mol. The number of aromatic nitrogens is 2. The highest BCUT2D eigenvalue weighted by molar-refractivity contribution is 5.50. The maximum atomic E-state index is 5.30. The minimum absolute atomic E-state index is 0.657. The molecule has 0 radical (unpaired) electrons. The largest absolute Gasteiger partial charge is 0.463 e. The highest BCUT2D eigenvalue weighted by Gasteiger charge is 2.04. The topological polar surface area (TPSA) is 53.9 Å². The number of H-pyrrole nitrogens is 1. The number of anilines is 1. The Morgan fingerprint density at radius 3 is 2.78 bits per heavy atom. The summed E-state index contributed by atoms with van der Waals surface area (Å²) in [6.07, 6.45) is 3.43. The number of benzene rings is 1. The van der Waals surface area contributed by atoms with Crippen LogP contribution in [-0.4, -0.2) is 9.97 Å². The minimum atomic E-state index is 0.657. The minimum Gasteiger partial charge on any atom is -0.463 e. The maximum Gasteiger partial charge on any atom is 0.151 e. The third kappa shape index (κ3) is 2.27. The van der Waals surface area contributed by atoms with Crippen molar-refractivity contribution >= 4 is 5.69 Å². The van der Waals surface area contributed by atoms with Crippen LogP contribution in [0.3, 0.4) is 0 Å². The zero-order chi connectivity index (χ0) is 12.2. The summed E-state index contributed by atoms with van der Waals surface area (Å²) in [6, 6.07) is 13.8. The van der Waals surface area contributed by atoms with Gasteiger partial charge in [0.2, 0.25) is 0 Å². The van der Waals surface area contributed by atoms with Crippen molar-refractivity contribution in [2.75, 3.05) is 5.32 Å². The van der Waals surface area contributed by atoms with Gasteiger partial charge >= 0.3 is 0 Å². The van der Waals surface area contributed by atoms with E-state index in [0.29, 0.717) is 6.54 Å². The Morgan fingerprint density at radius 1 is 1.11 bits per heavy atom.